The maximum Gasteiger partial charge on any atom is 0.264 e. The topological polar surface area (TPSA) is 86.8 Å². The number of nitrogens with one attached hydrogen (secondary N) is 1. The van der Waals surface area contributed by atoms with Crippen LogP contribution in [-0.2, 0) is 26.0 Å². The second kappa shape index (κ2) is 13.5. The molecule has 1 fully saturated rings. The molecule has 0 spiro atoms. The van der Waals surface area contributed by atoms with Gasteiger partial charge in [-0.3, -0.25) is 13.9 Å². The van der Waals surface area contributed by atoms with Crippen molar-refractivity contribution in [3.05, 3.63) is 94.5 Å². The van der Waals surface area contributed by atoms with Gasteiger partial charge in [-0.25, -0.2) is 8.42 Å². The number of carbonyl (C=O) groups excluding carboxylic acids is 2. The standard InChI is InChI=1S/C30H33Cl2N3O4S/c1-22(30(37)33-26-11-5-6-12-26)34(19-18-23-8-3-2-4-9-23)29(36)21-35(27-13-7-10-25(32)20-27)40(38,39)28-16-14-24(31)15-17-28/h2-4,7-10,13-17,20,22,26H,5-6,11-12,18-19,21H2,1H3,(H,33,37). The van der Waals surface area contributed by atoms with Gasteiger partial charge in [0, 0.05) is 22.6 Å². The summed E-state index contributed by atoms with van der Waals surface area (Å²) in [4.78, 5) is 28.6. The molecule has 0 aliphatic heterocycles. The predicted octanol–water partition coefficient (Wildman–Crippen LogP) is 5.71. The quantitative estimate of drug-likeness (QED) is 0.305. The summed E-state index contributed by atoms with van der Waals surface area (Å²) in [6.45, 7) is 1.41. The minimum atomic E-state index is -4.18. The first kappa shape index (κ1) is 29.9. The molecule has 1 aliphatic carbocycles. The highest BCUT2D eigenvalue weighted by atomic mass is 35.5. The van der Waals surface area contributed by atoms with Crippen molar-refractivity contribution in [1.29, 1.82) is 0 Å². The third-order valence-corrected chi connectivity index (χ3v) is 9.40. The Labute approximate surface area is 246 Å². The normalized spacial score (nSPS) is 14.5. The molecule has 7 nitrogen and oxygen atoms in total. The second-order valence-corrected chi connectivity index (χ2v) is 12.7. The van der Waals surface area contributed by atoms with E-state index in [2.05, 4.69) is 5.32 Å². The van der Waals surface area contributed by atoms with Crippen LogP contribution in [0.25, 0.3) is 0 Å². The Hall–Kier alpha value is -3.07. The van der Waals surface area contributed by atoms with Gasteiger partial charge in [-0.05, 0) is 74.2 Å². The van der Waals surface area contributed by atoms with Crippen molar-refractivity contribution in [2.24, 2.45) is 0 Å². The zero-order valence-electron chi connectivity index (χ0n) is 22.3. The van der Waals surface area contributed by atoms with Crippen molar-refractivity contribution in [2.45, 2.75) is 56.0 Å². The van der Waals surface area contributed by atoms with Gasteiger partial charge in [0.1, 0.15) is 12.6 Å². The number of anilines is 1. The highest BCUT2D eigenvalue weighted by Crippen LogP contribution is 2.27. The van der Waals surface area contributed by atoms with E-state index in [-0.39, 0.29) is 29.1 Å². The number of amides is 2. The molecule has 40 heavy (non-hydrogen) atoms. The van der Waals surface area contributed by atoms with Crippen molar-refractivity contribution >= 4 is 50.7 Å². The number of sulfonamides is 1. The monoisotopic (exact) mass is 601 g/mol. The molecule has 0 aromatic heterocycles. The molecule has 0 saturated heterocycles. The number of carbonyl (C=O) groups is 2. The van der Waals surface area contributed by atoms with Crippen LogP contribution in [-0.4, -0.2) is 50.3 Å². The Morgan fingerprint density at radius 2 is 1.60 bits per heavy atom. The van der Waals surface area contributed by atoms with Crippen LogP contribution in [0.5, 0.6) is 0 Å². The number of hydrogen-bond acceptors (Lipinski definition) is 4. The molecule has 4 rings (SSSR count). The SMILES string of the molecule is CC(C(=O)NC1CCCC1)N(CCc1ccccc1)C(=O)CN(c1cccc(Cl)c1)S(=O)(=O)c1ccc(Cl)cc1. The van der Waals surface area contributed by atoms with Crippen LogP contribution in [0.4, 0.5) is 5.69 Å². The van der Waals surface area contributed by atoms with Crippen LogP contribution >= 0.6 is 23.2 Å². The third kappa shape index (κ3) is 7.56. The Kier molecular flexibility index (Phi) is 10.1. The summed E-state index contributed by atoms with van der Waals surface area (Å²) < 4.78 is 28.7. The predicted molar refractivity (Wildman–Crippen MR) is 159 cm³/mol. The van der Waals surface area contributed by atoms with Gasteiger partial charge in [0.2, 0.25) is 11.8 Å². The average molecular weight is 603 g/mol. The zero-order valence-corrected chi connectivity index (χ0v) is 24.6. The summed E-state index contributed by atoms with van der Waals surface area (Å²) in [5.74, 6) is -0.745. The number of hydrogen-bond donors (Lipinski definition) is 1. The lowest BCUT2D eigenvalue weighted by Crippen LogP contribution is -2.53. The van der Waals surface area contributed by atoms with Gasteiger partial charge in [-0.15, -0.1) is 0 Å². The molecule has 1 N–H and O–H groups in total. The fourth-order valence-electron chi connectivity index (χ4n) is 4.86. The lowest BCUT2D eigenvalue weighted by Gasteiger charge is -2.32. The Morgan fingerprint density at radius 1 is 0.925 bits per heavy atom. The van der Waals surface area contributed by atoms with E-state index in [0.717, 1.165) is 35.6 Å². The lowest BCUT2D eigenvalue weighted by atomic mass is 10.1. The maximum atomic E-state index is 13.9. The molecule has 0 radical (unpaired) electrons. The molecule has 10 heteroatoms. The summed E-state index contributed by atoms with van der Waals surface area (Å²) >= 11 is 12.2. The van der Waals surface area contributed by atoms with Crippen molar-refractivity contribution in [3.63, 3.8) is 0 Å². The molecule has 0 bridgehead atoms. The number of rotatable bonds is 11. The van der Waals surface area contributed by atoms with E-state index in [0.29, 0.717) is 16.5 Å². The molecule has 1 saturated carbocycles. The van der Waals surface area contributed by atoms with E-state index in [4.69, 9.17) is 23.2 Å². The van der Waals surface area contributed by atoms with Gasteiger partial charge in [-0.1, -0.05) is 72.4 Å². The highest BCUT2D eigenvalue weighted by Gasteiger charge is 2.33. The number of nitrogens with zero attached hydrogens (tertiary/aromatic N) is 2. The van der Waals surface area contributed by atoms with Crippen LogP contribution in [0, 0.1) is 0 Å². The van der Waals surface area contributed by atoms with Gasteiger partial charge in [0.05, 0.1) is 10.6 Å². The molecule has 2 amide bonds. The fraction of sp³-hybridized carbons (Fsp3) is 0.333. The summed E-state index contributed by atoms with van der Waals surface area (Å²) in [6, 6.07) is 21.0. The second-order valence-electron chi connectivity index (χ2n) is 9.93. The van der Waals surface area contributed by atoms with Gasteiger partial charge >= 0.3 is 0 Å². The maximum absolute atomic E-state index is 13.9. The third-order valence-electron chi connectivity index (χ3n) is 7.13. The minimum absolute atomic E-state index is 0.0208. The summed E-state index contributed by atoms with van der Waals surface area (Å²) in [7, 11) is -4.18. The van der Waals surface area contributed by atoms with Gasteiger partial charge in [0.25, 0.3) is 10.0 Å². The minimum Gasteiger partial charge on any atom is -0.352 e. The van der Waals surface area contributed by atoms with E-state index in [1.165, 1.54) is 35.2 Å². The highest BCUT2D eigenvalue weighted by molar-refractivity contribution is 7.92. The largest absolute Gasteiger partial charge is 0.352 e. The Balaban J connectivity index is 1.64. The van der Waals surface area contributed by atoms with Crippen molar-refractivity contribution in [3.8, 4) is 0 Å². The zero-order chi connectivity index (χ0) is 28.7. The smallest absolute Gasteiger partial charge is 0.264 e. The fourth-order valence-corrected chi connectivity index (χ4v) is 6.57. The Bertz CT molecular complexity index is 1410. The number of benzene rings is 3. The molecular weight excluding hydrogens is 569 g/mol. The van der Waals surface area contributed by atoms with Crippen molar-refractivity contribution in [1.82, 2.24) is 10.2 Å². The molecule has 1 aliphatic rings. The van der Waals surface area contributed by atoms with Gasteiger partial charge in [-0.2, -0.15) is 0 Å². The molecular formula is C30H33Cl2N3O4S. The summed E-state index contributed by atoms with van der Waals surface area (Å²) in [6.07, 6.45) is 4.46. The van der Waals surface area contributed by atoms with Crippen molar-refractivity contribution < 1.29 is 18.0 Å². The molecule has 212 valence electrons. The molecule has 1 atom stereocenters. The lowest BCUT2D eigenvalue weighted by molar-refractivity contribution is -0.139. The van der Waals surface area contributed by atoms with Crippen LogP contribution in [0.3, 0.4) is 0 Å². The number of halogens is 2. The molecule has 0 heterocycles. The van der Waals surface area contributed by atoms with Crippen molar-refractivity contribution in [2.75, 3.05) is 17.4 Å². The Morgan fingerprint density at radius 3 is 2.25 bits per heavy atom. The summed E-state index contributed by atoms with van der Waals surface area (Å²) in [5, 5.41) is 3.78. The van der Waals surface area contributed by atoms with Crippen LogP contribution in [0.1, 0.15) is 38.2 Å². The summed E-state index contributed by atoms with van der Waals surface area (Å²) in [5.41, 5.74) is 1.24. The van der Waals surface area contributed by atoms with Gasteiger partial charge < -0.3 is 10.2 Å². The first-order chi connectivity index (χ1) is 19.1. The molecule has 3 aromatic rings. The van der Waals surface area contributed by atoms with E-state index in [1.54, 1.807) is 25.1 Å². The molecule has 1 unspecified atom stereocenters. The average Bonchev–Trinajstić information content (AvgIpc) is 3.45. The first-order valence-electron chi connectivity index (χ1n) is 13.3. The van der Waals surface area contributed by atoms with Crippen LogP contribution in [0.2, 0.25) is 10.0 Å². The van der Waals surface area contributed by atoms with Crippen LogP contribution < -0.4 is 9.62 Å². The van der Waals surface area contributed by atoms with Gasteiger partial charge in [0.15, 0.2) is 0 Å². The first-order valence-corrected chi connectivity index (χ1v) is 15.5. The van der Waals surface area contributed by atoms with E-state index < -0.39 is 28.5 Å². The van der Waals surface area contributed by atoms with E-state index >= 15 is 0 Å². The van der Waals surface area contributed by atoms with E-state index in [9.17, 15) is 18.0 Å². The van der Waals surface area contributed by atoms with Crippen LogP contribution in [0.15, 0.2) is 83.8 Å². The molecule has 3 aromatic carbocycles. The van der Waals surface area contributed by atoms with E-state index in [1.807, 2.05) is 30.3 Å².